The van der Waals surface area contributed by atoms with Gasteiger partial charge in [0.15, 0.2) is 0 Å². The zero-order valence-electron chi connectivity index (χ0n) is 10.3. The highest BCUT2D eigenvalue weighted by atomic mass is 35.5. The van der Waals surface area contributed by atoms with Gasteiger partial charge in [-0.3, -0.25) is 9.36 Å². The first-order valence-corrected chi connectivity index (χ1v) is 5.71. The van der Waals surface area contributed by atoms with Crippen molar-refractivity contribution in [3.05, 3.63) is 30.2 Å². The van der Waals surface area contributed by atoms with Crippen LogP contribution in [0.5, 0.6) is 0 Å². The Balaban J connectivity index is 0.00000162. The number of aryl methyl sites for hydroxylation is 1. The molecule has 2 rings (SSSR count). The van der Waals surface area contributed by atoms with Gasteiger partial charge in [-0.1, -0.05) is 0 Å². The number of aliphatic hydroxyl groups is 1. The van der Waals surface area contributed by atoms with Crippen LogP contribution in [0.3, 0.4) is 0 Å². The quantitative estimate of drug-likeness (QED) is 0.826. The Bertz CT molecular complexity index is 467. The number of nitrogens with one attached hydrogen (secondary N) is 1. The lowest BCUT2D eigenvalue weighted by molar-refractivity contribution is 0.269. The van der Waals surface area contributed by atoms with Gasteiger partial charge >= 0.3 is 0 Å². The minimum atomic E-state index is 0. The number of anilines is 1. The zero-order valence-corrected chi connectivity index (χ0v) is 11.1. The van der Waals surface area contributed by atoms with Gasteiger partial charge in [0, 0.05) is 37.1 Å². The molecule has 18 heavy (non-hydrogen) atoms. The van der Waals surface area contributed by atoms with E-state index < -0.39 is 0 Å². The predicted molar refractivity (Wildman–Crippen MR) is 71.8 cm³/mol. The second kappa shape index (κ2) is 7.03. The van der Waals surface area contributed by atoms with Crippen molar-refractivity contribution in [3.8, 4) is 0 Å². The van der Waals surface area contributed by atoms with Crippen molar-refractivity contribution >= 4 is 18.2 Å². The molecule has 0 amide bonds. The third-order valence-electron chi connectivity index (χ3n) is 2.45. The van der Waals surface area contributed by atoms with Crippen molar-refractivity contribution in [2.24, 2.45) is 0 Å². The Kier molecular flexibility index (Phi) is 5.67. The van der Waals surface area contributed by atoms with Crippen LogP contribution in [0.2, 0.25) is 0 Å². The Labute approximate surface area is 112 Å². The van der Waals surface area contributed by atoms with E-state index in [1.165, 1.54) is 0 Å². The number of halogens is 1. The van der Waals surface area contributed by atoms with Gasteiger partial charge in [-0.25, -0.2) is 0 Å². The summed E-state index contributed by atoms with van der Waals surface area (Å²) in [7, 11) is 0. The highest BCUT2D eigenvalue weighted by molar-refractivity contribution is 5.85. The van der Waals surface area contributed by atoms with Gasteiger partial charge in [-0.15, -0.1) is 12.4 Å². The Hall–Kier alpha value is -1.53. The SMILES string of the molecule is CCn1cc(CNc2ccn(CCO)n2)cn1.Cl. The van der Waals surface area contributed by atoms with E-state index in [0.717, 1.165) is 17.9 Å². The fourth-order valence-corrected chi connectivity index (χ4v) is 1.55. The summed E-state index contributed by atoms with van der Waals surface area (Å²) in [6.07, 6.45) is 5.70. The summed E-state index contributed by atoms with van der Waals surface area (Å²) in [5.74, 6) is 0.808. The maximum atomic E-state index is 8.77. The highest BCUT2D eigenvalue weighted by Crippen LogP contribution is 2.05. The van der Waals surface area contributed by atoms with Crippen LogP contribution >= 0.6 is 12.4 Å². The van der Waals surface area contributed by atoms with Crippen LogP contribution < -0.4 is 5.32 Å². The second-order valence-corrected chi connectivity index (χ2v) is 3.75. The third-order valence-corrected chi connectivity index (χ3v) is 2.45. The number of aromatic nitrogens is 4. The molecule has 2 aromatic rings. The molecule has 0 fully saturated rings. The number of rotatable bonds is 6. The van der Waals surface area contributed by atoms with Crippen LogP contribution in [0.1, 0.15) is 12.5 Å². The van der Waals surface area contributed by atoms with E-state index in [1.807, 2.05) is 29.3 Å². The van der Waals surface area contributed by atoms with Crippen molar-refractivity contribution in [2.45, 2.75) is 26.6 Å². The van der Waals surface area contributed by atoms with Gasteiger partial charge in [0.25, 0.3) is 0 Å². The zero-order chi connectivity index (χ0) is 12.1. The molecule has 0 bridgehead atoms. The van der Waals surface area contributed by atoms with E-state index in [4.69, 9.17) is 5.11 Å². The summed E-state index contributed by atoms with van der Waals surface area (Å²) >= 11 is 0. The van der Waals surface area contributed by atoms with Gasteiger partial charge in [-0.2, -0.15) is 10.2 Å². The molecule has 2 N–H and O–H groups in total. The Morgan fingerprint density at radius 3 is 2.89 bits per heavy atom. The molecule has 0 aromatic carbocycles. The molecule has 0 unspecified atom stereocenters. The van der Waals surface area contributed by atoms with Crippen molar-refractivity contribution in [1.82, 2.24) is 19.6 Å². The molecule has 0 saturated carbocycles. The fraction of sp³-hybridized carbons (Fsp3) is 0.455. The van der Waals surface area contributed by atoms with Gasteiger partial charge in [-0.05, 0) is 6.92 Å². The number of nitrogens with zero attached hydrogens (tertiary/aromatic N) is 4. The third kappa shape index (κ3) is 3.75. The summed E-state index contributed by atoms with van der Waals surface area (Å²) in [5.41, 5.74) is 1.13. The largest absolute Gasteiger partial charge is 0.394 e. The highest BCUT2D eigenvalue weighted by Gasteiger charge is 2.00. The van der Waals surface area contributed by atoms with Gasteiger partial charge in [0.05, 0.1) is 19.3 Å². The van der Waals surface area contributed by atoms with Crippen LogP contribution in [0.15, 0.2) is 24.7 Å². The topological polar surface area (TPSA) is 67.9 Å². The lowest BCUT2D eigenvalue weighted by Gasteiger charge is -2.00. The van der Waals surface area contributed by atoms with E-state index in [2.05, 4.69) is 22.4 Å². The minimum absolute atomic E-state index is 0. The Morgan fingerprint density at radius 2 is 2.22 bits per heavy atom. The molecule has 2 heterocycles. The normalized spacial score (nSPS) is 10.1. The molecule has 0 saturated heterocycles. The molecule has 0 aliphatic carbocycles. The minimum Gasteiger partial charge on any atom is -0.394 e. The molecule has 0 aliphatic rings. The molecule has 2 aromatic heterocycles. The lowest BCUT2D eigenvalue weighted by Crippen LogP contribution is -2.04. The van der Waals surface area contributed by atoms with Crippen molar-refractivity contribution in [3.63, 3.8) is 0 Å². The van der Waals surface area contributed by atoms with Crippen molar-refractivity contribution in [1.29, 1.82) is 0 Å². The molecule has 7 heteroatoms. The van der Waals surface area contributed by atoms with Crippen LogP contribution in [0.25, 0.3) is 0 Å². The fourth-order valence-electron chi connectivity index (χ4n) is 1.55. The monoisotopic (exact) mass is 271 g/mol. The van der Waals surface area contributed by atoms with E-state index in [0.29, 0.717) is 13.1 Å². The molecular weight excluding hydrogens is 254 g/mol. The molecule has 6 nitrogen and oxygen atoms in total. The molecule has 0 spiro atoms. The average molecular weight is 272 g/mol. The maximum Gasteiger partial charge on any atom is 0.148 e. The molecule has 0 aliphatic heterocycles. The molecule has 0 atom stereocenters. The molecule has 100 valence electrons. The smallest absolute Gasteiger partial charge is 0.148 e. The summed E-state index contributed by atoms with van der Waals surface area (Å²) < 4.78 is 3.60. The summed E-state index contributed by atoms with van der Waals surface area (Å²) in [6.45, 7) is 4.27. The van der Waals surface area contributed by atoms with Crippen molar-refractivity contribution < 1.29 is 5.11 Å². The first kappa shape index (κ1) is 14.5. The van der Waals surface area contributed by atoms with E-state index in [-0.39, 0.29) is 19.0 Å². The summed E-state index contributed by atoms with van der Waals surface area (Å²) in [5, 5.41) is 20.4. The Morgan fingerprint density at radius 1 is 1.39 bits per heavy atom. The number of hydrogen-bond donors (Lipinski definition) is 2. The lowest BCUT2D eigenvalue weighted by atomic mass is 10.3. The number of aliphatic hydroxyl groups excluding tert-OH is 1. The van der Waals surface area contributed by atoms with Gasteiger partial charge in [0.1, 0.15) is 5.82 Å². The van der Waals surface area contributed by atoms with E-state index in [9.17, 15) is 0 Å². The molecule has 0 radical (unpaired) electrons. The van der Waals surface area contributed by atoms with Crippen molar-refractivity contribution in [2.75, 3.05) is 11.9 Å². The van der Waals surface area contributed by atoms with Gasteiger partial charge < -0.3 is 10.4 Å². The van der Waals surface area contributed by atoms with Crippen LogP contribution in [-0.4, -0.2) is 31.3 Å². The first-order chi connectivity index (χ1) is 8.31. The summed E-state index contributed by atoms with van der Waals surface area (Å²) in [4.78, 5) is 0. The standard InChI is InChI=1S/C11H17N5O.ClH/c1-2-15-9-10(8-13-15)7-12-11-3-4-16(14-11)5-6-17;/h3-4,8-9,17H,2,5-7H2,1H3,(H,12,14);1H. The summed E-state index contributed by atoms with van der Waals surface area (Å²) in [6, 6.07) is 1.89. The number of hydrogen-bond acceptors (Lipinski definition) is 4. The second-order valence-electron chi connectivity index (χ2n) is 3.75. The van der Waals surface area contributed by atoms with Crippen LogP contribution in [0, 0.1) is 0 Å². The predicted octanol–water partition coefficient (Wildman–Crippen LogP) is 1.13. The van der Waals surface area contributed by atoms with Crippen LogP contribution in [-0.2, 0) is 19.6 Å². The van der Waals surface area contributed by atoms with E-state index >= 15 is 0 Å². The first-order valence-electron chi connectivity index (χ1n) is 5.71. The molecular formula is C11H18ClN5O. The average Bonchev–Trinajstić information content (AvgIpc) is 2.95. The van der Waals surface area contributed by atoms with E-state index in [1.54, 1.807) is 4.68 Å². The van der Waals surface area contributed by atoms with Gasteiger partial charge in [0.2, 0.25) is 0 Å². The maximum absolute atomic E-state index is 8.77. The van der Waals surface area contributed by atoms with Crippen LogP contribution in [0.4, 0.5) is 5.82 Å².